The fourth-order valence-corrected chi connectivity index (χ4v) is 3.16. The van der Waals surface area contributed by atoms with Crippen LogP contribution in [0.25, 0.3) is 11.3 Å². The first-order chi connectivity index (χ1) is 10.2. The summed E-state index contributed by atoms with van der Waals surface area (Å²) in [5, 5.41) is 6.08. The molecule has 1 amide bonds. The molecular formula is C17H18N2OS. The van der Waals surface area contributed by atoms with Crippen LogP contribution in [0.3, 0.4) is 0 Å². The Balaban J connectivity index is 1.61. The Bertz CT molecular complexity index is 658. The molecular weight excluding hydrogens is 280 g/mol. The topological polar surface area (TPSA) is 42.0 Å². The van der Waals surface area contributed by atoms with E-state index in [0.29, 0.717) is 12.3 Å². The number of thiazole rings is 1. The molecule has 21 heavy (non-hydrogen) atoms. The fraction of sp³-hybridized carbons (Fsp3) is 0.294. The third kappa shape index (κ3) is 3.58. The van der Waals surface area contributed by atoms with Gasteiger partial charge in [0.1, 0.15) is 0 Å². The molecule has 1 aliphatic carbocycles. The summed E-state index contributed by atoms with van der Waals surface area (Å²) in [5.41, 5.74) is 2.92. The van der Waals surface area contributed by atoms with Crippen LogP contribution in [0, 0.1) is 12.8 Å². The van der Waals surface area contributed by atoms with E-state index in [2.05, 4.69) is 27.8 Å². The summed E-state index contributed by atoms with van der Waals surface area (Å²) in [6.45, 7) is 2.00. The molecule has 0 saturated heterocycles. The molecule has 0 aliphatic heterocycles. The van der Waals surface area contributed by atoms with Crippen LogP contribution in [0.15, 0.2) is 41.8 Å². The van der Waals surface area contributed by atoms with Crippen molar-refractivity contribution >= 4 is 22.9 Å². The molecule has 1 aliphatic rings. The summed E-state index contributed by atoms with van der Waals surface area (Å²) in [5.74, 6) is 0.492. The number of carbonyl (C=O) groups is 1. The van der Waals surface area contributed by atoms with E-state index in [9.17, 15) is 4.79 Å². The van der Waals surface area contributed by atoms with Gasteiger partial charge in [0.15, 0.2) is 0 Å². The van der Waals surface area contributed by atoms with E-state index in [-0.39, 0.29) is 5.91 Å². The standard InChI is InChI=1S/C17H18N2OS/c1-12-18-16(11-21-12)14-6-8-15(9-7-14)19-17(20)10-13-4-2-3-5-13/h2,4,6-9,11,13H,3,5,10H2,1H3,(H,19,20). The summed E-state index contributed by atoms with van der Waals surface area (Å²) in [7, 11) is 0. The number of hydrogen-bond donors (Lipinski definition) is 1. The van der Waals surface area contributed by atoms with Crippen molar-refractivity contribution < 1.29 is 4.79 Å². The van der Waals surface area contributed by atoms with E-state index in [0.717, 1.165) is 34.8 Å². The second-order valence-corrected chi connectivity index (χ2v) is 6.41. The van der Waals surface area contributed by atoms with Crippen molar-refractivity contribution in [3.8, 4) is 11.3 Å². The minimum absolute atomic E-state index is 0.0869. The summed E-state index contributed by atoms with van der Waals surface area (Å²) in [4.78, 5) is 16.4. The Labute approximate surface area is 128 Å². The van der Waals surface area contributed by atoms with Crippen LogP contribution >= 0.6 is 11.3 Å². The first kappa shape index (κ1) is 14.0. The van der Waals surface area contributed by atoms with Gasteiger partial charge in [-0.15, -0.1) is 11.3 Å². The van der Waals surface area contributed by atoms with E-state index in [1.165, 1.54) is 0 Å². The monoisotopic (exact) mass is 298 g/mol. The number of nitrogens with one attached hydrogen (secondary N) is 1. The third-order valence-electron chi connectivity index (χ3n) is 3.64. The van der Waals surface area contributed by atoms with Gasteiger partial charge in [0.05, 0.1) is 10.7 Å². The largest absolute Gasteiger partial charge is 0.326 e. The highest BCUT2D eigenvalue weighted by molar-refractivity contribution is 7.09. The summed E-state index contributed by atoms with van der Waals surface area (Å²) < 4.78 is 0. The molecule has 108 valence electrons. The molecule has 1 unspecified atom stereocenters. The summed E-state index contributed by atoms with van der Waals surface area (Å²) in [6, 6.07) is 7.87. The lowest BCUT2D eigenvalue weighted by molar-refractivity contribution is -0.116. The van der Waals surface area contributed by atoms with E-state index < -0.39 is 0 Å². The Kier molecular flexibility index (Phi) is 4.15. The number of carbonyl (C=O) groups excluding carboxylic acids is 1. The maximum atomic E-state index is 12.0. The van der Waals surface area contributed by atoms with Crippen LogP contribution in [-0.4, -0.2) is 10.9 Å². The van der Waals surface area contributed by atoms with Gasteiger partial charge >= 0.3 is 0 Å². The Hall–Kier alpha value is -1.94. The molecule has 1 atom stereocenters. The van der Waals surface area contributed by atoms with Gasteiger partial charge in [0, 0.05) is 23.1 Å². The quantitative estimate of drug-likeness (QED) is 0.849. The highest BCUT2D eigenvalue weighted by Crippen LogP contribution is 2.24. The van der Waals surface area contributed by atoms with Crippen LogP contribution in [0.5, 0.6) is 0 Å². The van der Waals surface area contributed by atoms with E-state index in [1.54, 1.807) is 11.3 Å². The highest BCUT2D eigenvalue weighted by atomic mass is 32.1. The van der Waals surface area contributed by atoms with Crippen LogP contribution in [0.2, 0.25) is 0 Å². The van der Waals surface area contributed by atoms with Gasteiger partial charge in [-0.3, -0.25) is 4.79 Å². The van der Waals surface area contributed by atoms with Crippen molar-refractivity contribution in [3.63, 3.8) is 0 Å². The first-order valence-corrected chi connectivity index (χ1v) is 8.08. The molecule has 1 N–H and O–H groups in total. The molecule has 0 bridgehead atoms. The molecule has 0 saturated carbocycles. The molecule has 1 heterocycles. The fourth-order valence-electron chi connectivity index (χ4n) is 2.54. The second kappa shape index (κ2) is 6.22. The predicted octanol–water partition coefficient (Wildman–Crippen LogP) is 4.41. The lowest BCUT2D eigenvalue weighted by Crippen LogP contribution is -2.14. The van der Waals surface area contributed by atoms with E-state index in [4.69, 9.17) is 0 Å². The van der Waals surface area contributed by atoms with Crippen LogP contribution in [-0.2, 0) is 4.79 Å². The Morgan fingerprint density at radius 3 is 2.81 bits per heavy atom. The number of anilines is 1. The normalized spacial score (nSPS) is 17.1. The van der Waals surface area contributed by atoms with Gasteiger partial charge in [-0.25, -0.2) is 4.98 Å². The first-order valence-electron chi connectivity index (χ1n) is 7.20. The van der Waals surface area contributed by atoms with Gasteiger partial charge in [-0.2, -0.15) is 0 Å². The van der Waals surface area contributed by atoms with Crippen LogP contribution in [0.1, 0.15) is 24.3 Å². The minimum atomic E-state index is 0.0869. The smallest absolute Gasteiger partial charge is 0.224 e. The lowest BCUT2D eigenvalue weighted by atomic mass is 10.0. The van der Waals surface area contributed by atoms with Gasteiger partial charge < -0.3 is 5.32 Å². The zero-order valence-corrected chi connectivity index (χ0v) is 12.8. The number of nitrogens with zero attached hydrogens (tertiary/aromatic N) is 1. The number of benzene rings is 1. The zero-order valence-electron chi connectivity index (χ0n) is 12.0. The average Bonchev–Trinajstić information content (AvgIpc) is 3.11. The van der Waals surface area contributed by atoms with Crippen molar-refractivity contribution in [3.05, 3.63) is 46.8 Å². The number of allylic oxidation sites excluding steroid dienone is 2. The van der Waals surface area contributed by atoms with E-state index in [1.807, 2.05) is 31.2 Å². The number of aryl methyl sites for hydroxylation is 1. The molecule has 2 aromatic rings. The molecule has 3 nitrogen and oxygen atoms in total. The maximum Gasteiger partial charge on any atom is 0.224 e. The van der Waals surface area contributed by atoms with E-state index >= 15 is 0 Å². The van der Waals surface area contributed by atoms with Gasteiger partial charge in [0.25, 0.3) is 0 Å². The van der Waals surface area contributed by atoms with Gasteiger partial charge in [-0.05, 0) is 37.8 Å². The second-order valence-electron chi connectivity index (χ2n) is 5.35. The number of hydrogen-bond acceptors (Lipinski definition) is 3. The van der Waals surface area contributed by atoms with Crippen LogP contribution < -0.4 is 5.32 Å². The van der Waals surface area contributed by atoms with Gasteiger partial charge in [0.2, 0.25) is 5.91 Å². The van der Waals surface area contributed by atoms with Crippen molar-refractivity contribution in [2.75, 3.05) is 5.32 Å². The highest BCUT2D eigenvalue weighted by Gasteiger charge is 2.14. The zero-order chi connectivity index (χ0) is 14.7. The molecule has 0 fully saturated rings. The maximum absolute atomic E-state index is 12.0. The predicted molar refractivity (Wildman–Crippen MR) is 87.4 cm³/mol. The summed E-state index contributed by atoms with van der Waals surface area (Å²) >= 11 is 1.64. The molecule has 1 aromatic carbocycles. The lowest BCUT2D eigenvalue weighted by Gasteiger charge is -2.09. The van der Waals surface area contributed by atoms with Crippen molar-refractivity contribution in [2.24, 2.45) is 5.92 Å². The third-order valence-corrected chi connectivity index (χ3v) is 4.42. The number of amides is 1. The molecule has 1 aromatic heterocycles. The van der Waals surface area contributed by atoms with Crippen molar-refractivity contribution in [2.45, 2.75) is 26.2 Å². The van der Waals surface area contributed by atoms with Crippen molar-refractivity contribution in [1.29, 1.82) is 0 Å². The van der Waals surface area contributed by atoms with Gasteiger partial charge in [-0.1, -0.05) is 24.3 Å². The molecule has 0 spiro atoms. The van der Waals surface area contributed by atoms with Crippen LogP contribution in [0.4, 0.5) is 5.69 Å². The SMILES string of the molecule is Cc1nc(-c2ccc(NC(=O)CC3C=CCC3)cc2)cs1. The Morgan fingerprint density at radius 2 is 2.19 bits per heavy atom. The number of rotatable bonds is 4. The Morgan fingerprint density at radius 1 is 1.38 bits per heavy atom. The average molecular weight is 298 g/mol. The minimum Gasteiger partial charge on any atom is -0.326 e. The molecule has 0 radical (unpaired) electrons. The number of aromatic nitrogens is 1. The molecule has 3 rings (SSSR count). The molecule has 4 heteroatoms. The summed E-state index contributed by atoms with van der Waals surface area (Å²) in [6.07, 6.45) is 7.06. The van der Waals surface area contributed by atoms with Crippen molar-refractivity contribution in [1.82, 2.24) is 4.98 Å².